The Kier molecular flexibility index (Phi) is 8.95. The average Bonchev–Trinajstić information content (AvgIpc) is 2.85. The van der Waals surface area contributed by atoms with Crippen molar-refractivity contribution < 1.29 is 19.2 Å². The van der Waals surface area contributed by atoms with Gasteiger partial charge in [-0.3, -0.25) is 9.59 Å². The van der Waals surface area contributed by atoms with Gasteiger partial charge in [-0.2, -0.15) is 0 Å². The van der Waals surface area contributed by atoms with Crippen molar-refractivity contribution in [2.24, 2.45) is 5.16 Å². The predicted molar refractivity (Wildman–Crippen MR) is 125 cm³/mol. The molecule has 0 bridgehead atoms. The molecule has 0 aliphatic rings. The second-order valence-electron chi connectivity index (χ2n) is 7.03. The van der Waals surface area contributed by atoms with E-state index in [1.165, 1.54) is 15.4 Å². The molecular weight excluding hydrogens is 422 g/mol. The van der Waals surface area contributed by atoms with Gasteiger partial charge in [0.05, 0.1) is 5.56 Å². The Morgan fingerprint density at radius 1 is 0.812 bits per heavy atom. The molecule has 0 saturated heterocycles. The van der Waals surface area contributed by atoms with Gasteiger partial charge in [0.1, 0.15) is 5.71 Å². The number of ketones is 1. The molecule has 0 aliphatic carbocycles. The number of aldehydes is 1. The van der Waals surface area contributed by atoms with E-state index in [0.29, 0.717) is 12.0 Å². The van der Waals surface area contributed by atoms with Crippen molar-refractivity contribution in [3.05, 3.63) is 96.1 Å². The Hall–Kier alpha value is -3.51. The molecule has 0 atom stereocenters. The molecule has 3 rings (SSSR count). The number of benzene rings is 3. The van der Waals surface area contributed by atoms with E-state index in [2.05, 4.69) is 41.6 Å². The first-order valence-electron chi connectivity index (χ1n) is 10.3. The standard InChI is InChI=1S/C26H23NO4S/c28-19-25(29)24(27-31-26(30)21-10-3-1-4-11-21)14-8-7-9-20-15-17-23(18-16-20)32-22-12-5-2-6-13-22/h1-6,10-13,15-19H,7-9,14H2. The third kappa shape index (κ3) is 7.32. The molecule has 0 aliphatic heterocycles. The molecular formula is C26H23NO4S. The SMILES string of the molecule is O=CC(=O)C(CCCCc1ccc(Sc2ccccc2)cc1)=NOC(=O)c1ccccc1. The average molecular weight is 446 g/mol. The lowest BCUT2D eigenvalue weighted by atomic mass is 10.0. The molecule has 3 aromatic carbocycles. The lowest BCUT2D eigenvalue weighted by Gasteiger charge is -2.05. The molecule has 162 valence electrons. The first-order chi connectivity index (χ1) is 15.7. The molecule has 0 aromatic heterocycles. The molecule has 5 nitrogen and oxygen atoms in total. The second-order valence-corrected chi connectivity index (χ2v) is 8.18. The van der Waals surface area contributed by atoms with E-state index in [4.69, 9.17) is 4.84 Å². The van der Waals surface area contributed by atoms with Gasteiger partial charge in [0.2, 0.25) is 5.78 Å². The summed E-state index contributed by atoms with van der Waals surface area (Å²) in [7, 11) is 0. The molecule has 6 heteroatoms. The highest BCUT2D eigenvalue weighted by molar-refractivity contribution is 7.99. The molecule has 0 radical (unpaired) electrons. The third-order valence-corrected chi connectivity index (χ3v) is 5.69. The Balaban J connectivity index is 1.47. The normalized spacial score (nSPS) is 11.1. The van der Waals surface area contributed by atoms with E-state index >= 15 is 0 Å². The van der Waals surface area contributed by atoms with Crippen molar-refractivity contribution >= 4 is 35.5 Å². The Bertz CT molecular complexity index is 1060. The van der Waals surface area contributed by atoms with Crippen molar-refractivity contribution in [3.8, 4) is 0 Å². The number of rotatable bonds is 11. The summed E-state index contributed by atoms with van der Waals surface area (Å²) in [6, 6.07) is 26.9. The Morgan fingerprint density at radius 3 is 2.09 bits per heavy atom. The fraction of sp³-hybridized carbons (Fsp3) is 0.154. The molecule has 0 amide bonds. The number of Topliss-reactive ketones (excluding diaryl/α,β-unsaturated/α-hetero) is 1. The molecule has 0 saturated carbocycles. The Morgan fingerprint density at radius 2 is 1.44 bits per heavy atom. The highest BCUT2D eigenvalue weighted by Crippen LogP contribution is 2.27. The van der Waals surface area contributed by atoms with E-state index in [-0.39, 0.29) is 18.4 Å². The van der Waals surface area contributed by atoms with Crippen LogP contribution in [-0.2, 0) is 20.8 Å². The number of oxime groups is 1. The topological polar surface area (TPSA) is 72.8 Å². The van der Waals surface area contributed by atoms with Crippen LogP contribution in [0.2, 0.25) is 0 Å². The number of hydrogen-bond donors (Lipinski definition) is 0. The largest absolute Gasteiger partial charge is 0.365 e. The van der Waals surface area contributed by atoms with Crippen LogP contribution < -0.4 is 0 Å². The minimum Gasteiger partial charge on any atom is -0.312 e. The van der Waals surface area contributed by atoms with Gasteiger partial charge in [-0.1, -0.05) is 65.4 Å². The van der Waals surface area contributed by atoms with Gasteiger partial charge in [0.15, 0.2) is 6.29 Å². The highest BCUT2D eigenvalue weighted by Gasteiger charge is 2.13. The molecule has 0 fully saturated rings. The summed E-state index contributed by atoms with van der Waals surface area (Å²) in [6.45, 7) is 0. The number of hydrogen-bond acceptors (Lipinski definition) is 6. The van der Waals surface area contributed by atoms with Crippen LogP contribution in [0.4, 0.5) is 0 Å². The maximum Gasteiger partial charge on any atom is 0.365 e. The summed E-state index contributed by atoms with van der Waals surface area (Å²) in [4.78, 5) is 41.9. The summed E-state index contributed by atoms with van der Waals surface area (Å²) < 4.78 is 0. The van der Waals surface area contributed by atoms with Gasteiger partial charge in [-0.15, -0.1) is 0 Å². The van der Waals surface area contributed by atoms with Gasteiger partial charge < -0.3 is 4.84 Å². The molecule has 3 aromatic rings. The molecule has 0 unspecified atom stereocenters. The first kappa shape index (κ1) is 23.2. The fourth-order valence-corrected chi connectivity index (χ4v) is 3.81. The zero-order chi connectivity index (χ0) is 22.6. The summed E-state index contributed by atoms with van der Waals surface area (Å²) in [5.74, 6) is -1.44. The van der Waals surface area contributed by atoms with Crippen LogP contribution in [0.3, 0.4) is 0 Å². The summed E-state index contributed by atoms with van der Waals surface area (Å²) in [5, 5.41) is 3.65. The van der Waals surface area contributed by atoms with Gasteiger partial charge in [0.25, 0.3) is 0 Å². The van der Waals surface area contributed by atoms with Crippen molar-refractivity contribution in [2.75, 3.05) is 0 Å². The molecule has 0 N–H and O–H groups in total. The third-order valence-electron chi connectivity index (χ3n) is 4.67. The predicted octanol–water partition coefficient (Wildman–Crippen LogP) is 5.53. The monoisotopic (exact) mass is 445 g/mol. The van der Waals surface area contributed by atoms with Crippen LogP contribution >= 0.6 is 11.8 Å². The number of carbonyl (C=O) groups excluding carboxylic acids is 3. The summed E-state index contributed by atoms with van der Waals surface area (Å²) in [5.41, 5.74) is 1.47. The van der Waals surface area contributed by atoms with Gasteiger partial charge in [-0.25, -0.2) is 4.79 Å². The molecule has 0 spiro atoms. The lowest BCUT2D eigenvalue weighted by Crippen LogP contribution is -2.17. The number of unbranched alkanes of at least 4 members (excludes halogenated alkanes) is 1. The van der Waals surface area contributed by atoms with Crippen LogP contribution in [0, 0.1) is 0 Å². The summed E-state index contributed by atoms with van der Waals surface area (Å²) in [6.07, 6.45) is 2.74. The number of aryl methyl sites for hydroxylation is 1. The number of nitrogens with zero attached hydrogens (tertiary/aromatic N) is 1. The van der Waals surface area contributed by atoms with Crippen molar-refractivity contribution in [1.82, 2.24) is 0 Å². The smallest absolute Gasteiger partial charge is 0.312 e. The molecule has 32 heavy (non-hydrogen) atoms. The zero-order valence-electron chi connectivity index (χ0n) is 17.5. The van der Waals surface area contributed by atoms with Crippen molar-refractivity contribution in [3.63, 3.8) is 0 Å². The maximum absolute atomic E-state index is 12.0. The van der Waals surface area contributed by atoms with E-state index in [1.54, 1.807) is 42.1 Å². The second kappa shape index (κ2) is 12.4. The fourth-order valence-electron chi connectivity index (χ4n) is 2.98. The number of carbonyl (C=O) groups is 3. The van der Waals surface area contributed by atoms with Gasteiger partial charge in [0, 0.05) is 9.79 Å². The first-order valence-corrected chi connectivity index (χ1v) is 11.1. The van der Waals surface area contributed by atoms with E-state index in [1.807, 2.05) is 18.2 Å². The lowest BCUT2D eigenvalue weighted by molar-refractivity contribution is -0.125. The highest BCUT2D eigenvalue weighted by atomic mass is 32.2. The van der Waals surface area contributed by atoms with Crippen LogP contribution in [0.15, 0.2) is 99.9 Å². The molecule has 0 heterocycles. The van der Waals surface area contributed by atoms with Gasteiger partial charge >= 0.3 is 5.97 Å². The van der Waals surface area contributed by atoms with Crippen LogP contribution in [0.25, 0.3) is 0 Å². The van der Waals surface area contributed by atoms with Crippen molar-refractivity contribution in [2.45, 2.75) is 35.5 Å². The minimum atomic E-state index is -0.770. The van der Waals surface area contributed by atoms with Crippen LogP contribution in [-0.4, -0.2) is 23.8 Å². The van der Waals surface area contributed by atoms with Crippen molar-refractivity contribution in [1.29, 1.82) is 0 Å². The maximum atomic E-state index is 12.0. The quantitative estimate of drug-likeness (QED) is 0.0969. The minimum absolute atomic E-state index is 0.0427. The Labute approximate surface area is 191 Å². The summed E-state index contributed by atoms with van der Waals surface area (Å²) >= 11 is 1.71. The van der Waals surface area contributed by atoms with E-state index in [9.17, 15) is 14.4 Å². The zero-order valence-corrected chi connectivity index (χ0v) is 18.3. The van der Waals surface area contributed by atoms with Gasteiger partial charge in [-0.05, 0) is 67.6 Å². The van der Waals surface area contributed by atoms with Crippen LogP contribution in [0.1, 0.15) is 35.2 Å². The van der Waals surface area contributed by atoms with Crippen LogP contribution in [0.5, 0.6) is 0 Å². The van der Waals surface area contributed by atoms with E-state index < -0.39 is 11.8 Å². The van der Waals surface area contributed by atoms with E-state index in [0.717, 1.165) is 12.8 Å².